The Morgan fingerprint density at radius 2 is 2.31 bits per heavy atom. The number of hydrogen-bond donors (Lipinski definition) is 1. The molecule has 0 spiro atoms. The number of nitrogens with zero attached hydrogens (tertiary/aromatic N) is 3. The summed E-state index contributed by atoms with van der Waals surface area (Å²) in [5.74, 6) is 0. The molecule has 13 heavy (non-hydrogen) atoms. The van der Waals surface area contributed by atoms with Crippen molar-refractivity contribution in [2.45, 2.75) is 38.7 Å². The molecule has 1 aromatic rings. The average Bonchev–Trinajstić information content (AvgIpc) is 2.52. The van der Waals surface area contributed by atoms with Crippen LogP contribution in [0.2, 0.25) is 0 Å². The summed E-state index contributed by atoms with van der Waals surface area (Å²) < 4.78 is 1.62. The second kappa shape index (κ2) is 4.97. The van der Waals surface area contributed by atoms with Crippen LogP contribution >= 0.6 is 0 Å². The molecule has 0 aromatic carbocycles. The molecule has 0 saturated carbocycles. The van der Waals surface area contributed by atoms with Gasteiger partial charge in [0, 0.05) is 7.05 Å². The quantitative estimate of drug-likeness (QED) is 0.702. The average molecular weight is 183 g/mol. The van der Waals surface area contributed by atoms with Crippen LogP contribution in [-0.2, 0) is 7.05 Å². The summed E-state index contributed by atoms with van der Waals surface area (Å²) in [5.41, 5.74) is 0.802. The van der Waals surface area contributed by atoms with E-state index < -0.39 is 6.10 Å². The molecule has 4 heteroatoms. The number of rotatable bonds is 5. The van der Waals surface area contributed by atoms with Gasteiger partial charge >= 0.3 is 0 Å². The molecule has 1 aromatic heterocycles. The Bertz CT molecular complexity index is 247. The second-order valence-corrected chi connectivity index (χ2v) is 3.29. The first kappa shape index (κ1) is 10.2. The first-order valence-electron chi connectivity index (χ1n) is 4.78. The Morgan fingerprint density at radius 1 is 1.54 bits per heavy atom. The highest BCUT2D eigenvalue weighted by molar-refractivity contribution is 4.97. The lowest BCUT2D eigenvalue weighted by Gasteiger charge is -2.08. The summed E-state index contributed by atoms with van der Waals surface area (Å²) in [6, 6.07) is 0. The third-order valence-corrected chi connectivity index (χ3v) is 2.17. The fourth-order valence-electron chi connectivity index (χ4n) is 1.33. The lowest BCUT2D eigenvalue weighted by molar-refractivity contribution is 0.154. The highest BCUT2D eigenvalue weighted by Crippen LogP contribution is 2.17. The third-order valence-electron chi connectivity index (χ3n) is 2.17. The van der Waals surface area contributed by atoms with Gasteiger partial charge in [0.05, 0.1) is 18.0 Å². The molecular formula is C9H17N3O. The smallest absolute Gasteiger partial charge is 0.0972 e. The van der Waals surface area contributed by atoms with E-state index in [4.69, 9.17) is 0 Å². The van der Waals surface area contributed by atoms with Gasteiger partial charge in [-0.25, -0.2) is 4.68 Å². The summed E-state index contributed by atoms with van der Waals surface area (Å²) in [6.07, 6.45) is 5.42. The third kappa shape index (κ3) is 2.81. The minimum absolute atomic E-state index is 0.411. The molecule has 1 heterocycles. The SMILES string of the molecule is CCCCCC(O)c1cnnn1C. The second-order valence-electron chi connectivity index (χ2n) is 3.29. The number of hydrogen-bond acceptors (Lipinski definition) is 3. The maximum absolute atomic E-state index is 9.72. The Balaban J connectivity index is 2.39. The zero-order chi connectivity index (χ0) is 9.68. The lowest BCUT2D eigenvalue weighted by atomic mass is 10.1. The number of aliphatic hydroxyl groups excluding tert-OH is 1. The van der Waals surface area contributed by atoms with Crippen LogP contribution in [0, 0.1) is 0 Å². The molecule has 0 aliphatic carbocycles. The molecule has 0 amide bonds. The minimum Gasteiger partial charge on any atom is -0.387 e. The molecule has 1 N–H and O–H groups in total. The van der Waals surface area contributed by atoms with Crippen molar-refractivity contribution in [2.24, 2.45) is 7.05 Å². The van der Waals surface area contributed by atoms with Crippen LogP contribution in [0.5, 0.6) is 0 Å². The van der Waals surface area contributed by atoms with Crippen molar-refractivity contribution in [3.8, 4) is 0 Å². The van der Waals surface area contributed by atoms with Crippen molar-refractivity contribution in [2.75, 3.05) is 0 Å². The zero-order valence-electron chi connectivity index (χ0n) is 8.27. The number of aryl methyl sites for hydroxylation is 1. The van der Waals surface area contributed by atoms with E-state index in [0.29, 0.717) is 0 Å². The van der Waals surface area contributed by atoms with E-state index in [9.17, 15) is 5.11 Å². The Morgan fingerprint density at radius 3 is 2.85 bits per heavy atom. The maximum Gasteiger partial charge on any atom is 0.0972 e. The molecule has 1 unspecified atom stereocenters. The van der Waals surface area contributed by atoms with E-state index in [-0.39, 0.29) is 0 Å². The van der Waals surface area contributed by atoms with Gasteiger partial charge in [-0.05, 0) is 6.42 Å². The van der Waals surface area contributed by atoms with Gasteiger partial charge < -0.3 is 5.11 Å². The highest BCUT2D eigenvalue weighted by atomic mass is 16.3. The van der Waals surface area contributed by atoms with Gasteiger partial charge in [-0.15, -0.1) is 5.10 Å². The molecule has 0 aliphatic rings. The van der Waals surface area contributed by atoms with Gasteiger partial charge in [0.15, 0.2) is 0 Å². The normalized spacial score (nSPS) is 13.2. The van der Waals surface area contributed by atoms with E-state index >= 15 is 0 Å². The van der Waals surface area contributed by atoms with Crippen molar-refractivity contribution in [3.05, 3.63) is 11.9 Å². The molecule has 4 nitrogen and oxygen atoms in total. The van der Waals surface area contributed by atoms with Crippen LogP contribution in [0.15, 0.2) is 6.20 Å². The Hall–Kier alpha value is -0.900. The summed E-state index contributed by atoms with van der Waals surface area (Å²) >= 11 is 0. The van der Waals surface area contributed by atoms with E-state index in [1.165, 1.54) is 12.8 Å². The molecule has 0 radical (unpaired) electrons. The molecule has 1 rings (SSSR count). The molecule has 0 bridgehead atoms. The molecule has 74 valence electrons. The zero-order valence-corrected chi connectivity index (χ0v) is 8.27. The molecular weight excluding hydrogens is 166 g/mol. The van der Waals surface area contributed by atoms with Gasteiger partial charge in [-0.1, -0.05) is 31.4 Å². The topological polar surface area (TPSA) is 50.9 Å². The van der Waals surface area contributed by atoms with Crippen molar-refractivity contribution < 1.29 is 5.11 Å². The summed E-state index contributed by atoms with van der Waals surface area (Å²) in [7, 11) is 1.80. The van der Waals surface area contributed by atoms with E-state index in [1.807, 2.05) is 0 Å². The van der Waals surface area contributed by atoms with Crippen molar-refractivity contribution in [3.63, 3.8) is 0 Å². The minimum atomic E-state index is -0.411. The number of aliphatic hydroxyl groups is 1. The predicted molar refractivity (Wildman–Crippen MR) is 50.1 cm³/mol. The standard InChI is InChI=1S/C9H17N3O/c1-3-4-5-6-9(13)8-7-10-11-12(8)2/h7,9,13H,3-6H2,1-2H3. The van der Waals surface area contributed by atoms with Gasteiger partial charge in [-0.3, -0.25) is 0 Å². The van der Waals surface area contributed by atoms with Crippen molar-refractivity contribution >= 4 is 0 Å². The van der Waals surface area contributed by atoms with Crippen LogP contribution < -0.4 is 0 Å². The number of aromatic nitrogens is 3. The fraction of sp³-hybridized carbons (Fsp3) is 0.778. The maximum atomic E-state index is 9.72. The fourth-order valence-corrected chi connectivity index (χ4v) is 1.33. The van der Waals surface area contributed by atoms with Crippen LogP contribution in [0.1, 0.15) is 44.4 Å². The highest BCUT2D eigenvalue weighted by Gasteiger charge is 2.10. The van der Waals surface area contributed by atoms with Gasteiger partial charge in [0.1, 0.15) is 0 Å². The molecule has 0 fully saturated rings. The molecule has 1 atom stereocenters. The lowest BCUT2D eigenvalue weighted by Crippen LogP contribution is -2.05. The summed E-state index contributed by atoms with van der Waals surface area (Å²) in [6.45, 7) is 2.15. The summed E-state index contributed by atoms with van der Waals surface area (Å²) in [5, 5.41) is 17.2. The van der Waals surface area contributed by atoms with Gasteiger partial charge in [0.25, 0.3) is 0 Å². The Labute approximate surface area is 78.6 Å². The van der Waals surface area contributed by atoms with Crippen LogP contribution in [-0.4, -0.2) is 20.1 Å². The van der Waals surface area contributed by atoms with Crippen LogP contribution in [0.4, 0.5) is 0 Å². The molecule has 0 aliphatic heterocycles. The van der Waals surface area contributed by atoms with Gasteiger partial charge in [-0.2, -0.15) is 0 Å². The first-order valence-corrected chi connectivity index (χ1v) is 4.78. The summed E-state index contributed by atoms with van der Waals surface area (Å²) in [4.78, 5) is 0. The van der Waals surface area contributed by atoms with E-state index in [2.05, 4.69) is 17.2 Å². The van der Waals surface area contributed by atoms with E-state index in [0.717, 1.165) is 18.5 Å². The first-order chi connectivity index (χ1) is 6.25. The largest absolute Gasteiger partial charge is 0.387 e. The van der Waals surface area contributed by atoms with E-state index in [1.54, 1.807) is 17.9 Å². The van der Waals surface area contributed by atoms with Crippen LogP contribution in [0.3, 0.4) is 0 Å². The molecule has 0 saturated heterocycles. The van der Waals surface area contributed by atoms with Crippen LogP contribution in [0.25, 0.3) is 0 Å². The predicted octanol–water partition coefficient (Wildman–Crippen LogP) is 1.43. The van der Waals surface area contributed by atoms with Crippen molar-refractivity contribution in [1.29, 1.82) is 0 Å². The van der Waals surface area contributed by atoms with Crippen molar-refractivity contribution in [1.82, 2.24) is 15.0 Å². The van der Waals surface area contributed by atoms with Gasteiger partial charge in [0.2, 0.25) is 0 Å². The number of unbranched alkanes of at least 4 members (excludes halogenated alkanes) is 2. The monoisotopic (exact) mass is 183 g/mol. The Kier molecular flexibility index (Phi) is 3.89.